The van der Waals surface area contributed by atoms with Gasteiger partial charge in [-0.15, -0.1) is 11.6 Å². The van der Waals surface area contributed by atoms with Gasteiger partial charge in [-0.1, -0.05) is 23.7 Å². The molecule has 0 spiro atoms. The van der Waals surface area contributed by atoms with Crippen molar-refractivity contribution in [1.29, 1.82) is 0 Å². The van der Waals surface area contributed by atoms with Crippen molar-refractivity contribution in [3.8, 4) is 11.3 Å². The van der Waals surface area contributed by atoms with Crippen LogP contribution in [0.4, 0.5) is 11.4 Å². The molecular weight excluding hydrogens is 405 g/mol. The number of nitrogens with one attached hydrogen (secondary N) is 1. The first kappa shape index (κ1) is 19.9. The zero-order chi connectivity index (χ0) is 19.6. The van der Waals surface area contributed by atoms with Gasteiger partial charge in [0.1, 0.15) is 0 Å². The monoisotopic (exact) mass is 425 g/mol. The Morgan fingerprint density at radius 3 is 2.67 bits per heavy atom. The lowest BCUT2D eigenvalue weighted by Gasteiger charge is -2.12. The van der Waals surface area contributed by atoms with E-state index in [0.717, 1.165) is 28.7 Å². The summed E-state index contributed by atoms with van der Waals surface area (Å²) in [6.45, 7) is 2.76. The number of hydrogen-bond donors (Lipinski definition) is 2. The number of alkyl halides is 1. The number of aromatic nitrogens is 1. The van der Waals surface area contributed by atoms with Gasteiger partial charge in [0.2, 0.25) is 10.0 Å². The van der Waals surface area contributed by atoms with Gasteiger partial charge in [0.05, 0.1) is 22.7 Å². The Balaban J connectivity index is 2.06. The standard InChI is InChI=1S/C19H21Cl2N3O2S/c1-2-24-17-8-7-14(21)12-16(17)18(22)19(24)13-5-3-6-15(11-13)23-27(25,26)10-4-9-20/h3,5-8,11-12,23H,2,4,9-10,22H2,1H3. The molecule has 0 unspecified atom stereocenters. The number of nitrogens with two attached hydrogens (primary N) is 1. The third kappa shape index (κ3) is 4.18. The molecule has 0 aliphatic carbocycles. The van der Waals surface area contributed by atoms with Crippen LogP contribution in [-0.4, -0.2) is 24.6 Å². The smallest absolute Gasteiger partial charge is 0.232 e. The fraction of sp³-hybridized carbons (Fsp3) is 0.263. The van der Waals surface area contributed by atoms with Crippen molar-refractivity contribution in [3.63, 3.8) is 0 Å². The van der Waals surface area contributed by atoms with E-state index in [9.17, 15) is 8.42 Å². The van der Waals surface area contributed by atoms with E-state index in [2.05, 4.69) is 9.29 Å². The highest BCUT2D eigenvalue weighted by atomic mass is 35.5. The minimum Gasteiger partial charge on any atom is -0.396 e. The molecular formula is C19H21Cl2N3O2S. The van der Waals surface area contributed by atoms with E-state index in [1.54, 1.807) is 18.2 Å². The maximum Gasteiger partial charge on any atom is 0.232 e. The summed E-state index contributed by atoms with van der Waals surface area (Å²) in [5.41, 5.74) is 10.2. The van der Waals surface area contributed by atoms with E-state index in [1.165, 1.54) is 0 Å². The number of halogens is 2. The first-order valence-corrected chi connectivity index (χ1v) is 11.2. The highest BCUT2D eigenvalue weighted by molar-refractivity contribution is 7.92. The first-order chi connectivity index (χ1) is 12.9. The normalized spacial score (nSPS) is 11.8. The molecule has 3 N–H and O–H groups in total. The molecule has 2 aromatic carbocycles. The predicted molar refractivity (Wildman–Crippen MR) is 115 cm³/mol. The Hall–Kier alpha value is -1.89. The highest BCUT2D eigenvalue weighted by Gasteiger charge is 2.17. The average Bonchev–Trinajstić information content (AvgIpc) is 2.91. The van der Waals surface area contributed by atoms with Crippen molar-refractivity contribution >= 4 is 55.5 Å². The van der Waals surface area contributed by atoms with Gasteiger partial charge >= 0.3 is 0 Å². The summed E-state index contributed by atoms with van der Waals surface area (Å²) in [6, 6.07) is 12.8. The van der Waals surface area contributed by atoms with Crippen LogP contribution in [0, 0.1) is 0 Å². The second kappa shape index (κ2) is 8.00. The van der Waals surface area contributed by atoms with Crippen molar-refractivity contribution in [2.24, 2.45) is 0 Å². The highest BCUT2D eigenvalue weighted by Crippen LogP contribution is 2.38. The summed E-state index contributed by atoms with van der Waals surface area (Å²) in [5, 5.41) is 1.50. The third-order valence-electron chi connectivity index (χ3n) is 4.34. The number of sulfonamides is 1. The van der Waals surface area contributed by atoms with Crippen molar-refractivity contribution in [2.75, 3.05) is 22.1 Å². The molecule has 0 aliphatic rings. The fourth-order valence-corrected chi connectivity index (χ4v) is 4.77. The average molecular weight is 426 g/mol. The van der Waals surface area contributed by atoms with Gasteiger partial charge in [-0.25, -0.2) is 8.42 Å². The Kier molecular flexibility index (Phi) is 5.89. The van der Waals surface area contributed by atoms with Crippen molar-refractivity contribution in [3.05, 3.63) is 47.5 Å². The molecule has 0 saturated heterocycles. The number of nitrogens with zero attached hydrogens (tertiary/aromatic N) is 1. The van der Waals surface area contributed by atoms with Crippen LogP contribution in [-0.2, 0) is 16.6 Å². The zero-order valence-electron chi connectivity index (χ0n) is 14.9. The zero-order valence-corrected chi connectivity index (χ0v) is 17.2. The number of aryl methyl sites for hydroxylation is 1. The largest absolute Gasteiger partial charge is 0.396 e. The minimum absolute atomic E-state index is 0.0173. The Morgan fingerprint density at radius 2 is 1.96 bits per heavy atom. The fourth-order valence-electron chi connectivity index (χ4n) is 3.20. The predicted octanol–water partition coefficient (Wildman–Crippen LogP) is 4.93. The summed E-state index contributed by atoms with van der Waals surface area (Å²) in [7, 11) is -3.44. The van der Waals surface area contributed by atoms with Crippen LogP contribution in [0.3, 0.4) is 0 Å². The molecule has 3 aromatic rings. The summed E-state index contributed by atoms with van der Waals surface area (Å²) in [4.78, 5) is 0. The molecule has 0 fully saturated rings. The van der Waals surface area contributed by atoms with E-state index >= 15 is 0 Å². The Bertz CT molecular complexity index is 1080. The summed E-state index contributed by atoms with van der Waals surface area (Å²) in [6.07, 6.45) is 0.397. The van der Waals surface area contributed by atoms with Crippen LogP contribution in [0.5, 0.6) is 0 Å². The second-order valence-electron chi connectivity index (χ2n) is 6.21. The molecule has 0 radical (unpaired) electrons. The van der Waals surface area contributed by atoms with Crippen LogP contribution < -0.4 is 10.5 Å². The molecule has 0 amide bonds. The number of nitrogen functional groups attached to an aromatic ring is 1. The molecule has 0 atom stereocenters. The minimum atomic E-state index is -3.44. The van der Waals surface area contributed by atoms with Crippen molar-refractivity contribution in [2.45, 2.75) is 19.9 Å². The van der Waals surface area contributed by atoms with Crippen molar-refractivity contribution in [1.82, 2.24) is 4.57 Å². The molecule has 3 rings (SSSR count). The number of fused-ring (bicyclic) bond motifs is 1. The van der Waals surface area contributed by atoms with E-state index < -0.39 is 10.0 Å². The van der Waals surface area contributed by atoms with E-state index in [0.29, 0.717) is 28.7 Å². The molecule has 144 valence electrons. The van der Waals surface area contributed by atoms with Gasteiger partial charge in [0, 0.05) is 34.1 Å². The van der Waals surface area contributed by atoms with E-state index in [-0.39, 0.29) is 5.75 Å². The third-order valence-corrected chi connectivity index (χ3v) is 6.21. The lowest BCUT2D eigenvalue weighted by Crippen LogP contribution is -2.17. The Labute approximate surface area is 169 Å². The SMILES string of the molecule is CCn1c(-c2cccc(NS(=O)(=O)CCCCl)c2)c(N)c2cc(Cl)ccc21. The van der Waals surface area contributed by atoms with Gasteiger partial charge in [0.25, 0.3) is 0 Å². The topological polar surface area (TPSA) is 77.1 Å². The Morgan fingerprint density at radius 1 is 1.19 bits per heavy atom. The van der Waals surface area contributed by atoms with Gasteiger partial charge in [-0.2, -0.15) is 0 Å². The number of benzene rings is 2. The number of hydrogen-bond acceptors (Lipinski definition) is 3. The van der Waals surface area contributed by atoms with E-state index in [4.69, 9.17) is 28.9 Å². The van der Waals surface area contributed by atoms with Crippen LogP contribution in [0.15, 0.2) is 42.5 Å². The van der Waals surface area contributed by atoms with Gasteiger partial charge in [-0.3, -0.25) is 4.72 Å². The molecule has 1 aromatic heterocycles. The molecule has 8 heteroatoms. The summed E-state index contributed by atoms with van der Waals surface area (Å²) in [5.74, 6) is 0.285. The molecule has 5 nitrogen and oxygen atoms in total. The van der Waals surface area contributed by atoms with Crippen molar-refractivity contribution < 1.29 is 8.42 Å². The summed E-state index contributed by atoms with van der Waals surface area (Å²) >= 11 is 11.7. The van der Waals surface area contributed by atoms with Crippen LogP contribution in [0.25, 0.3) is 22.2 Å². The molecule has 0 aliphatic heterocycles. The lowest BCUT2D eigenvalue weighted by atomic mass is 10.1. The van der Waals surface area contributed by atoms with Crippen LogP contribution in [0.2, 0.25) is 5.02 Å². The van der Waals surface area contributed by atoms with Gasteiger partial charge in [-0.05, 0) is 43.7 Å². The molecule has 27 heavy (non-hydrogen) atoms. The van der Waals surface area contributed by atoms with E-state index in [1.807, 2.05) is 31.2 Å². The number of rotatable bonds is 7. The van der Waals surface area contributed by atoms with Gasteiger partial charge < -0.3 is 10.3 Å². The van der Waals surface area contributed by atoms with Crippen LogP contribution in [0.1, 0.15) is 13.3 Å². The second-order valence-corrected chi connectivity index (χ2v) is 8.87. The quantitative estimate of drug-likeness (QED) is 0.526. The maximum absolute atomic E-state index is 12.2. The molecule has 0 bridgehead atoms. The van der Waals surface area contributed by atoms with Gasteiger partial charge in [0.15, 0.2) is 0 Å². The molecule has 0 saturated carbocycles. The maximum atomic E-state index is 12.2. The first-order valence-electron chi connectivity index (χ1n) is 8.60. The number of anilines is 2. The summed E-state index contributed by atoms with van der Waals surface area (Å²) < 4.78 is 29.0. The van der Waals surface area contributed by atoms with Crippen LogP contribution >= 0.6 is 23.2 Å². The lowest BCUT2D eigenvalue weighted by molar-refractivity contribution is 0.600. The molecule has 1 heterocycles.